The number of aryl methyl sites for hydroxylation is 1. The highest BCUT2D eigenvalue weighted by Crippen LogP contribution is 2.28. The quantitative estimate of drug-likeness (QED) is 0.137. The number of carbonyl (C=O) groups excluding carboxylic acids is 3. The number of amides is 2. The van der Waals surface area contributed by atoms with Crippen molar-refractivity contribution in [2.75, 3.05) is 0 Å². The van der Waals surface area contributed by atoms with Crippen LogP contribution < -0.4 is 14.9 Å². The van der Waals surface area contributed by atoms with Gasteiger partial charge in [-0.25, -0.2) is 4.79 Å². The zero-order valence-electron chi connectivity index (χ0n) is 22.0. The maximum absolute atomic E-state index is 13.0. The first-order valence-electron chi connectivity index (χ1n) is 13.0. The molecule has 0 unspecified atom stereocenters. The van der Waals surface area contributed by atoms with Gasteiger partial charge in [-0.05, 0) is 53.9 Å². The lowest BCUT2D eigenvalue weighted by Gasteiger charge is -2.13. The lowest BCUT2D eigenvalue weighted by Crippen LogP contribution is -2.29. The summed E-state index contributed by atoms with van der Waals surface area (Å²) in [4.78, 5) is 53.0. The van der Waals surface area contributed by atoms with E-state index in [1.807, 2.05) is 55.5 Å². The third-order valence-electron chi connectivity index (χ3n) is 6.89. The molecule has 5 aromatic rings. The normalized spacial score (nSPS) is 12.5. The number of ether oxygens (including phenoxy) is 2. The molecule has 0 fully saturated rings. The van der Waals surface area contributed by atoms with Crippen molar-refractivity contribution in [3.8, 4) is 17.2 Å². The predicted molar refractivity (Wildman–Crippen MR) is 150 cm³/mol. The standard InChI is InChI=1S/C33H23NO7/c1-2-21-10-6-7-11-27(21)41-29-19-39-28-17-23(13-15-25(28)30(29)35)40-33(38)22-12-14-24-26(16-22)32(37)34(31(24)36)18-20-8-4-3-5-9-20/h3-17,19H,2,18H2,1H3. The van der Waals surface area contributed by atoms with Gasteiger partial charge in [0.2, 0.25) is 11.2 Å². The predicted octanol–water partition coefficient (Wildman–Crippen LogP) is 6.16. The molecule has 6 rings (SSSR count). The van der Waals surface area contributed by atoms with Crippen molar-refractivity contribution in [2.24, 2.45) is 0 Å². The molecule has 202 valence electrons. The first-order chi connectivity index (χ1) is 19.9. The Bertz CT molecular complexity index is 1890. The summed E-state index contributed by atoms with van der Waals surface area (Å²) in [5.74, 6) is -0.862. The lowest BCUT2D eigenvalue weighted by atomic mass is 10.1. The van der Waals surface area contributed by atoms with E-state index in [1.54, 1.807) is 6.07 Å². The van der Waals surface area contributed by atoms with E-state index in [4.69, 9.17) is 13.9 Å². The summed E-state index contributed by atoms with van der Waals surface area (Å²) < 4.78 is 17.0. The average Bonchev–Trinajstić information content (AvgIpc) is 3.23. The van der Waals surface area contributed by atoms with Crippen LogP contribution in [0.4, 0.5) is 0 Å². The first-order valence-corrected chi connectivity index (χ1v) is 13.0. The number of fused-ring (bicyclic) bond motifs is 2. The molecule has 0 spiro atoms. The molecule has 2 amide bonds. The van der Waals surface area contributed by atoms with Crippen molar-refractivity contribution >= 4 is 28.8 Å². The highest BCUT2D eigenvalue weighted by Gasteiger charge is 2.36. The number of benzene rings is 4. The molecule has 8 nitrogen and oxygen atoms in total. The van der Waals surface area contributed by atoms with Crippen molar-refractivity contribution in [3.63, 3.8) is 0 Å². The van der Waals surface area contributed by atoms with Crippen LogP contribution in [0.3, 0.4) is 0 Å². The van der Waals surface area contributed by atoms with Crippen LogP contribution >= 0.6 is 0 Å². The third-order valence-corrected chi connectivity index (χ3v) is 6.89. The molecule has 0 bridgehead atoms. The molecular weight excluding hydrogens is 522 g/mol. The second-order valence-corrected chi connectivity index (χ2v) is 9.48. The minimum atomic E-state index is -0.729. The summed E-state index contributed by atoms with van der Waals surface area (Å²) in [6, 6.07) is 25.3. The van der Waals surface area contributed by atoms with Gasteiger partial charge in [-0.1, -0.05) is 55.5 Å². The summed E-state index contributed by atoms with van der Waals surface area (Å²) in [5.41, 5.74) is 2.09. The van der Waals surface area contributed by atoms with Crippen molar-refractivity contribution < 1.29 is 28.3 Å². The minimum Gasteiger partial charge on any atom is -0.460 e. The second-order valence-electron chi connectivity index (χ2n) is 9.48. The topological polar surface area (TPSA) is 103 Å². The fourth-order valence-electron chi connectivity index (χ4n) is 4.73. The summed E-state index contributed by atoms with van der Waals surface area (Å²) in [7, 11) is 0. The zero-order chi connectivity index (χ0) is 28.5. The van der Waals surface area contributed by atoms with Crippen LogP contribution in [0.5, 0.6) is 17.2 Å². The minimum absolute atomic E-state index is 0.0433. The molecule has 4 aromatic carbocycles. The maximum Gasteiger partial charge on any atom is 0.343 e. The highest BCUT2D eigenvalue weighted by molar-refractivity contribution is 6.21. The van der Waals surface area contributed by atoms with Crippen LogP contribution in [0.15, 0.2) is 106 Å². The van der Waals surface area contributed by atoms with E-state index >= 15 is 0 Å². The summed E-state index contributed by atoms with van der Waals surface area (Å²) >= 11 is 0. The van der Waals surface area contributed by atoms with Gasteiger partial charge in [-0.2, -0.15) is 0 Å². The number of esters is 1. The first kappa shape index (κ1) is 25.8. The number of imide groups is 1. The van der Waals surface area contributed by atoms with Crippen molar-refractivity contribution in [1.82, 2.24) is 4.90 Å². The van der Waals surface area contributed by atoms with E-state index in [-0.39, 0.29) is 51.1 Å². The van der Waals surface area contributed by atoms with E-state index < -0.39 is 17.8 Å². The highest BCUT2D eigenvalue weighted by atomic mass is 16.5. The molecule has 0 aliphatic carbocycles. The fourth-order valence-corrected chi connectivity index (χ4v) is 4.73. The Kier molecular flexibility index (Phi) is 6.65. The van der Waals surface area contributed by atoms with E-state index in [9.17, 15) is 19.2 Å². The Balaban J connectivity index is 1.20. The number of rotatable bonds is 7. The molecule has 1 aliphatic rings. The summed E-state index contributed by atoms with van der Waals surface area (Å²) in [6.07, 6.45) is 1.97. The monoisotopic (exact) mass is 545 g/mol. The number of nitrogens with zero attached hydrogens (tertiary/aromatic N) is 1. The van der Waals surface area contributed by atoms with Gasteiger partial charge >= 0.3 is 5.97 Å². The molecule has 0 radical (unpaired) electrons. The van der Waals surface area contributed by atoms with Gasteiger partial charge in [-0.15, -0.1) is 0 Å². The molecule has 0 saturated carbocycles. The van der Waals surface area contributed by atoms with Crippen LogP contribution in [0.25, 0.3) is 11.0 Å². The van der Waals surface area contributed by atoms with E-state index in [2.05, 4.69) is 0 Å². The Morgan fingerprint density at radius 3 is 2.37 bits per heavy atom. The molecular formula is C33H23NO7. The van der Waals surface area contributed by atoms with Crippen LogP contribution in [0.2, 0.25) is 0 Å². The van der Waals surface area contributed by atoms with E-state index in [0.29, 0.717) is 5.75 Å². The number of para-hydroxylation sites is 1. The van der Waals surface area contributed by atoms with Gasteiger partial charge < -0.3 is 13.9 Å². The number of hydrogen-bond donors (Lipinski definition) is 0. The van der Waals surface area contributed by atoms with Crippen LogP contribution in [0, 0.1) is 0 Å². The second kappa shape index (κ2) is 10.6. The van der Waals surface area contributed by atoms with Gasteiger partial charge in [-0.3, -0.25) is 19.3 Å². The molecule has 0 N–H and O–H groups in total. The molecule has 8 heteroatoms. The van der Waals surface area contributed by atoms with Crippen molar-refractivity contribution in [2.45, 2.75) is 19.9 Å². The molecule has 1 aliphatic heterocycles. The van der Waals surface area contributed by atoms with Crippen LogP contribution in [-0.4, -0.2) is 22.7 Å². The van der Waals surface area contributed by atoms with E-state index in [1.165, 1.54) is 42.7 Å². The third kappa shape index (κ3) is 4.87. The molecule has 1 aromatic heterocycles. The summed E-state index contributed by atoms with van der Waals surface area (Å²) in [5, 5.41) is 0.261. The van der Waals surface area contributed by atoms with Gasteiger partial charge in [0.15, 0.2) is 0 Å². The fraction of sp³-hybridized carbons (Fsp3) is 0.0909. The number of carbonyl (C=O) groups is 3. The largest absolute Gasteiger partial charge is 0.460 e. The van der Waals surface area contributed by atoms with Crippen LogP contribution in [0.1, 0.15) is 49.1 Å². The van der Waals surface area contributed by atoms with Crippen molar-refractivity contribution in [1.29, 1.82) is 0 Å². The Labute approximate surface area is 234 Å². The van der Waals surface area contributed by atoms with Crippen molar-refractivity contribution in [3.05, 3.63) is 135 Å². The number of hydrogen-bond acceptors (Lipinski definition) is 7. The maximum atomic E-state index is 13.0. The molecule has 0 saturated heterocycles. The molecule has 0 atom stereocenters. The van der Waals surface area contributed by atoms with Gasteiger partial charge in [0.25, 0.3) is 11.8 Å². The lowest BCUT2D eigenvalue weighted by molar-refractivity contribution is 0.0641. The Hall–Kier alpha value is -5.50. The van der Waals surface area contributed by atoms with Gasteiger partial charge in [0.1, 0.15) is 23.3 Å². The molecule has 2 heterocycles. The summed E-state index contributed by atoms with van der Waals surface area (Å²) in [6.45, 7) is 2.13. The van der Waals surface area contributed by atoms with E-state index in [0.717, 1.165) is 22.4 Å². The average molecular weight is 546 g/mol. The smallest absolute Gasteiger partial charge is 0.343 e. The zero-order valence-corrected chi connectivity index (χ0v) is 22.0. The SMILES string of the molecule is CCc1ccccc1Oc1coc2cc(OC(=O)c3ccc4c(c3)C(=O)N(Cc3ccccc3)C4=O)ccc2c1=O. The van der Waals surface area contributed by atoms with Gasteiger partial charge in [0.05, 0.1) is 28.6 Å². The Morgan fingerprint density at radius 2 is 1.56 bits per heavy atom. The van der Waals surface area contributed by atoms with Crippen LogP contribution in [-0.2, 0) is 13.0 Å². The molecule has 41 heavy (non-hydrogen) atoms. The van der Waals surface area contributed by atoms with Gasteiger partial charge in [0, 0.05) is 6.07 Å². The Morgan fingerprint density at radius 1 is 0.805 bits per heavy atom.